The molecule has 1 aromatic carbocycles. The highest BCUT2D eigenvalue weighted by Crippen LogP contribution is 2.39. The number of rotatable bonds is 3. The van der Waals surface area contributed by atoms with Crippen molar-refractivity contribution in [3.63, 3.8) is 0 Å². The molecule has 28 heavy (non-hydrogen) atoms. The monoisotopic (exact) mass is 398 g/mol. The number of carbonyl (C=O) groups is 1. The minimum atomic E-state index is -0.160. The molecule has 0 spiro atoms. The Morgan fingerprint density at radius 1 is 1.29 bits per heavy atom. The van der Waals surface area contributed by atoms with Crippen LogP contribution in [-0.2, 0) is 20.0 Å². The van der Waals surface area contributed by atoms with E-state index in [0.717, 1.165) is 36.3 Å². The van der Waals surface area contributed by atoms with Gasteiger partial charge in [0.25, 0.3) is 5.89 Å². The summed E-state index contributed by atoms with van der Waals surface area (Å²) in [4.78, 5) is 19.0. The first kappa shape index (κ1) is 17.2. The lowest BCUT2D eigenvalue weighted by Gasteiger charge is -2.27. The van der Waals surface area contributed by atoms with E-state index in [1.54, 1.807) is 29.2 Å². The molecule has 3 aromatic rings. The van der Waals surface area contributed by atoms with Crippen LogP contribution >= 0.6 is 11.6 Å². The van der Waals surface area contributed by atoms with Crippen LogP contribution in [0.15, 0.2) is 28.8 Å². The number of anilines is 1. The summed E-state index contributed by atoms with van der Waals surface area (Å²) in [5.41, 5.74) is 3.43. The highest BCUT2D eigenvalue weighted by atomic mass is 35.5. The molecule has 1 aliphatic carbocycles. The Bertz CT molecular complexity index is 1040. The molecule has 1 aliphatic heterocycles. The van der Waals surface area contributed by atoms with Gasteiger partial charge in [0.2, 0.25) is 0 Å². The Balaban J connectivity index is 1.38. The van der Waals surface area contributed by atoms with Gasteiger partial charge < -0.3 is 14.7 Å². The topological polar surface area (TPSA) is 89.1 Å². The second-order valence-corrected chi connectivity index (χ2v) is 7.67. The van der Waals surface area contributed by atoms with Gasteiger partial charge in [-0.05, 0) is 37.1 Å². The molecule has 1 N–H and O–H groups in total. The molecule has 2 aliphatic rings. The van der Waals surface area contributed by atoms with Crippen molar-refractivity contribution in [2.24, 2.45) is 7.05 Å². The molecule has 0 unspecified atom stereocenters. The number of aryl methyl sites for hydroxylation is 1. The molecule has 5 rings (SSSR count). The van der Waals surface area contributed by atoms with E-state index in [4.69, 9.17) is 16.1 Å². The van der Waals surface area contributed by atoms with Crippen molar-refractivity contribution >= 4 is 23.3 Å². The molecule has 3 heterocycles. The molecule has 0 bridgehead atoms. The Morgan fingerprint density at radius 2 is 2.07 bits per heavy atom. The van der Waals surface area contributed by atoms with Gasteiger partial charge in [0.05, 0.1) is 6.54 Å². The van der Waals surface area contributed by atoms with Crippen LogP contribution in [0.3, 0.4) is 0 Å². The number of hydrogen-bond donors (Lipinski definition) is 1. The number of carbonyl (C=O) groups excluding carboxylic acids is 1. The molecule has 2 amide bonds. The van der Waals surface area contributed by atoms with Crippen molar-refractivity contribution in [1.29, 1.82) is 0 Å². The number of amides is 2. The molecule has 8 nitrogen and oxygen atoms in total. The van der Waals surface area contributed by atoms with Crippen LogP contribution < -0.4 is 5.32 Å². The minimum absolute atomic E-state index is 0.160. The first-order valence-electron chi connectivity index (χ1n) is 9.28. The van der Waals surface area contributed by atoms with Crippen LogP contribution in [0.4, 0.5) is 10.5 Å². The van der Waals surface area contributed by atoms with Gasteiger partial charge >= 0.3 is 6.03 Å². The lowest BCUT2D eigenvalue weighted by Crippen LogP contribution is -2.39. The third-order valence-electron chi connectivity index (χ3n) is 5.21. The van der Waals surface area contributed by atoms with Gasteiger partial charge in [-0.2, -0.15) is 10.1 Å². The zero-order valence-electron chi connectivity index (χ0n) is 15.4. The van der Waals surface area contributed by atoms with Gasteiger partial charge in [0.1, 0.15) is 0 Å². The second-order valence-electron chi connectivity index (χ2n) is 7.24. The van der Waals surface area contributed by atoms with Gasteiger partial charge in [-0.3, -0.25) is 4.68 Å². The fourth-order valence-electron chi connectivity index (χ4n) is 3.51. The van der Waals surface area contributed by atoms with Crippen molar-refractivity contribution in [2.75, 3.05) is 11.9 Å². The molecular weight excluding hydrogens is 380 g/mol. The Hall–Kier alpha value is -2.87. The summed E-state index contributed by atoms with van der Waals surface area (Å²) in [5.74, 6) is 1.60. The quantitative estimate of drug-likeness (QED) is 0.728. The molecular formula is C19H19ClN6O2. The maximum Gasteiger partial charge on any atom is 0.322 e. The number of benzene rings is 1. The largest absolute Gasteiger partial charge is 0.332 e. The standard InChI is InChI=1S/C19H19ClN6O2/c1-25-15-8-9-26(19(27)21-13-6-4-12(20)5-7-13)10-14(15)16(23-25)18-22-17(24-28-18)11-2-3-11/h4-7,11H,2-3,8-10H2,1H3,(H,21,27). The summed E-state index contributed by atoms with van der Waals surface area (Å²) >= 11 is 5.90. The Kier molecular flexibility index (Phi) is 4.08. The molecule has 144 valence electrons. The lowest BCUT2D eigenvalue weighted by molar-refractivity contribution is 0.206. The highest BCUT2D eigenvalue weighted by molar-refractivity contribution is 6.30. The number of halogens is 1. The van der Waals surface area contributed by atoms with E-state index in [0.29, 0.717) is 41.3 Å². The van der Waals surface area contributed by atoms with Gasteiger partial charge in [0, 0.05) is 47.9 Å². The van der Waals surface area contributed by atoms with Crippen molar-refractivity contribution in [2.45, 2.75) is 31.7 Å². The predicted octanol–water partition coefficient (Wildman–Crippen LogP) is 3.59. The first-order chi connectivity index (χ1) is 13.6. The smallest absolute Gasteiger partial charge is 0.322 e. The van der Waals surface area contributed by atoms with Crippen molar-refractivity contribution in [1.82, 2.24) is 24.8 Å². The summed E-state index contributed by atoms with van der Waals surface area (Å²) in [6.45, 7) is 1.06. The summed E-state index contributed by atoms with van der Waals surface area (Å²) in [6.07, 6.45) is 2.94. The molecule has 0 radical (unpaired) electrons. The number of urea groups is 1. The Morgan fingerprint density at radius 3 is 2.82 bits per heavy atom. The summed E-state index contributed by atoms with van der Waals surface area (Å²) in [5, 5.41) is 12.2. The first-order valence-corrected chi connectivity index (χ1v) is 9.66. The van der Waals surface area contributed by atoms with E-state index in [-0.39, 0.29) is 6.03 Å². The second kappa shape index (κ2) is 6.63. The average Bonchev–Trinajstić information content (AvgIpc) is 3.34. The summed E-state index contributed by atoms with van der Waals surface area (Å²) in [7, 11) is 1.91. The van der Waals surface area contributed by atoms with E-state index in [1.807, 2.05) is 11.7 Å². The predicted molar refractivity (Wildman–Crippen MR) is 103 cm³/mol. The van der Waals surface area contributed by atoms with E-state index >= 15 is 0 Å². The van der Waals surface area contributed by atoms with Gasteiger partial charge in [-0.25, -0.2) is 4.79 Å². The fraction of sp³-hybridized carbons (Fsp3) is 0.368. The molecule has 2 aromatic heterocycles. The van der Waals surface area contributed by atoms with Crippen LogP contribution in [0.1, 0.15) is 35.8 Å². The van der Waals surface area contributed by atoms with Crippen molar-refractivity contribution in [3.8, 4) is 11.6 Å². The fourth-order valence-corrected chi connectivity index (χ4v) is 3.64. The van der Waals surface area contributed by atoms with E-state index in [9.17, 15) is 4.79 Å². The van der Waals surface area contributed by atoms with Gasteiger partial charge in [-0.15, -0.1) is 0 Å². The number of hydrogen-bond acceptors (Lipinski definition) is 5. The van der Waals surface area contributed by atoms with Crippen LogP contribution in [0.2, 0.25) is 5.02 Å². The van der Waals surface area contributed by atoms with Crippen LogP contribution in [-0.4, -0.2) is 37.4 Å². The lowest BCUT2D eigenvalue weighted by atomic mass is 10.1. The van der Waals surface area contributed by atoms with E-state index < -0.39 is 0 Å². The van der Waals surface area contributed by atoms with Crippen LogP contribution in [0.25, 0.3) is 11.6 Å². The Labute approximate surface area is 166 Å². The minimum Gasteiger partial charge on any atom is -0.332 e. The number of nitrogens with zero attached hydrogens (tertiary/aromatic N) is 5. The maximum absolute atomic E-state index is 12.7. The van der Waals surface area contributed by atoms with Crippen LogP contribution in [0, 0.1) is 0 Å². The molecule has 1 fully saturated rings. The number of aromatic nitrogens is 4. The van der Waals surface area contributed by atoms with Crippen LogP contribution in [0.5, 0.6) is 0 Å². The molecule has 9 heteroatoms. The van der Waals surface area contributed by atoms with Gasteiger partial charge in [0.15, 0.2) is 11.5 Å². The third kappa shape index (κ3) is 3.13. The van der Waals surface area contributed by atoms with Gasteiger partial charge in [-0.1, -0.05) is 16.8 Å². The zero-order valence-corrected chi connectivity index (χ0v) is 16.1. The summed E-state index contributed by atoms with van der Waals surface area (Å²) < 4.78 is 7.31. The molecule has 0 saturated heterocycles. The molecule has 1 saturated carbocycles. The van der Waals surface area contributed by atoms with Crippen molar-refractivity contribution in [3.05, 3.63) is 46.4 Å². The van der Waals surface area contributed by atoms with E-state index in [1.165, 1.54) is 0 Å². The maximum atomic E-state index is 12.7. The highest BCUT2D eigenvalue weighted by Gasteiger charge is 2.32. The number of nitrogens with one attached hydrogen (secondary N) is 1. The van der Waals surface area contributed by atoms with E-state index in [2.05, 4.69) is 20.6 Å². The third-order valence-corrected chi connectivity index (χ3v) is 5.46. The normalized spacial score (nSPS) is 16.1. The zero-order chi connectivity index (χ0) is 19.3. The SMILES string of the molecule is Cn1nc(-c2nc(C3CC3)no2)c2c1CCN(C(=O)Nc1ccc(Cl)cc1)C2. The average molecular weight is 399 g/mol. The summed E-state index contributed by atoms with van der Waals surface area (Å²) in [6, 6.07) is 6.90. The van der Waals surface area contributed by atoms with Crippen molar-refractivity contribution < 1.29 is 9.32 Å². The molecule has 0 atom stereocenters. The number of fused-ring (bicyclic) bond motifs is 1.